The Morgan fingerprint density at radius 2 is 1.86 bits per heavy atom. The van der Waals surface area contributed by atoms with Crippen LogP contribution in [-0.4, -0.2) is 0 Å². The van der Waals surface area contributed by atoms with E-state index in [9.17, 15) is 0 Å². The van der Waals surface area contributed by atoms with Crippen LogP contribution in [0.3, 0.4) is 0 Å². The van der Waals surface area contributed by atoms with Crippen LogP contribution in [0.25, 0.3) is 10.8 Å². The minimum Gasteiger partial charge on any atom is -0.397 e. The second kappa shape index (κ2) is 3.25. The third kappa shape index (κ3) is 1.21. The van der Waals surface area contributed by atoms with Gasteiger partial charge in [0.25, 0.3) is 0 Å². The first-order valence-corrected chi connectivity index (χ1v) is 4.55. The predicted octanol–water partition coefficient (Wildman–Crippen LogP) is 3.06. The lowest BCUT2D eigenvalue weighted by atomic mass is 10.0. The minimum absolute atomic E-state index is 0.618. The van der Waals surface area contributed by atoms with Gasteiger partial charge in [-0.15, -0.1) is 6.42 Å². The van der Waals surface area contributed by atoms with Crippen molar-refractivity contribution in [3.63, 3.8) is 0 Å². The van der Waals surface area contributed by atoms with Gasteiger partial charge in [0.1, 0.15) is 0 Å². The van der Waals surface area contributed by atoms with Gasteiger partial charge in [-0.2, -0.15) is 0 Å². The Bertz CT molecular complexity index is 538. The van der Waals surface area contributed by atoms with Crippen molar-refractivity contribution in [1.82, 2.24) is 0 Å². The summed E-state index contributed by atoms with van der Waals surface area (Å²) in [6, 6.07) is 9.39. The van der Waals surface area contributed by atoms with Crippen LogP contribution in [0.5, 0.6) is 0 Å². The fourth-order valence-corrected chi connectivity index (χ4v) is 1.75. The van der Waals surface area contributed by atoms with Crippen molar-refractivity contribution in [2.75, 3.05) is 5.73 Å². The molecule has 0 saturated heterocycles. The van der Waals surface area contributed by atoms with Crippen LogP contribution in [0, 0.1) is 12.3 Å². The molecule has 0 unspecified atom stereocenters. The molecular formula is C12H8ClN. The summed E-state index contributed by atoms with van der Waals surface area (Å²) in [5.41, 5.74) is 7.16. The Labute approximate surface area is 87.5 Å². The van der Waals surface area contributed by atoms with E-state index in [1.807, 2.05) is 24.3 Å². The van der Waals surface area contributed by atoms with E-state index in [0.717, 1.165) is 10.8 Å². The maximum Gasteiger partial charge on any atom is 0.0553 e. The quantitative estimate of drug-likeness (QED) is 0.515. The molecule has 0 spiro atoms. The van der Waals surface area contributed by atoms with Gasteiger partial charge >= 0.3 is 0 Å². The topological polar surface area (TPSA) is 26.0 Å². The number of benzene rings is 2. The molecule has 1 nitrogen and oxygen atoms in total. The molecule has 0 atom stereocenters. The van der Waals surface area contributed by atoms with Gasteiger partial charge in [-0.1, -0.05) is 41.8 Å². The van der Waals surface area contributed by atoms with Crippen LogP contribution < -0.4 is 5.73 Å². The van der Waals surface area contributed by atoms with Crippen molar-refractivity contribution in [2.45, 2.75) is 0 Å². The molecule has 0 amide bonds. The lowest BCUT2D eigenvalue weighted by Gasteiger charge is -2.06. The van der Waals surface area contributed by atoms with Crippen molar-refractivity contribution in [1.29, 1.82) is 0 Å². The molecule has 0 aliphatic carbocycles. The number of halogens is 1. The number of nitrogen functional groups attached to an aromatic ring is 1. The van der Waals surface area contributed by atoms with Crippen LogP contribution in [-0.2, 0) is 0 Å². The van der Waals surface area contributed by atoms with E-state index >= 15 is 0 Å². The Hall–Kier alpha value is -1.65. The first kappa shape index (κ1) is 8.93. The zero-order valence-corrected chi connectivity index (χ0v) is 8.18. The summed E-state index contributed by atoms with van der Waals surface area (Å²) < 4.78 is 0. The molecule has 0 aliphatic heterocycles. The molecule has 0 heterocycles. The lowest BCUT2D eigenvalue weighted by molar-refractivity contribution is 1.68. The van der Waals surface area contributed by atoms with E-state index in [0.29, 0.717) is 16.3 Å². The second-order valence-corrected chi connectivity index (χ2v) is 3.42. The maximum absolute atomic E-state index is 6.06. The van der Waals surface area contributed by atoms with Gasteiger partial charge < -0.3 is 5.73 Å². The summed E-state index contributed by atoms with van der Waals surface area (Å²) in [6.07, 6.45) is 5.32. The van der Waals surface area contributed by atoms with Crippen LogP contribution in [0.15, 0.2) is 30.3 Å². The number of nitrogens with two attached hydrogens (primary N) is 1. The van der Waals surface area contributed by atoms with Crippen LogP contribution in [0.2, 0.25) is 5.02 Å². The molecule has 14 heavy (non-hydrogen) atoms. The molecule has 0 fully saturated rings. The highest BCUT2D eigenvalue weighted by Crippen LogP contribution is 2.30. The molecule has 2 aromatic carbocycles. The predicted molar refractivity (Wildman–Crippen MR) is 61.3 cm³/mol. The van der Waals surface area contributed by atoms with E-state index in [1.54, 1.807) is 6.07 Å². The monoisotopic (exact) mass is 201 g/mol. The number of terminal acetylenes is 1. The molecule has 0 saturated carbocycles. The first-order chi connectivity index (χ1) is 6.74. The summed E-state index contributed by atoms with van der Waals surface area (Å²) in [6.45, 7) is 0. The number of fused-ring (bicyclic) bond motifs is 1. The van der Waals surface area contributed by atoms with Crippen molar-refractivity contribution in [3.05, 3.63) is 40.9 Å². The summed E-state index contributed by atoms with van der Waals surface area (Å²) in [5, 5.41) is 2.49. The van der Waals surface area contributed by atoms with E-state index in [2.05, 4.69) is 5.92 Å². The highest BCUT2D eigenvalue weighted by atomic mass is 35.5. The third-order valence-corrected chi connectivity index (χ3v) is 2.50. The van der Waals surface area contributed by atoms with Crippen molar-refractivity contribution in [2.24, 2.45) is 0 Å². The van der Waals surface area contributed by atoms with E-state index < -0.39 is 0 Å². The Balaban J connectivity index is 2.96. The smallest absolute Gasteiger partial charge is 0.0553 e. The van der Waals surface area contributed by atoms with Gasteiger partial charge in [-0.25, -0.2) is 0 Å². The molecular weight excluding hydrogens is 194 g/mol. The molecule has 0 bridgehead atoms. The normalized spacial score (nSPS) is 10.0. The molecule has 68 valence electrons. The summed E-state index contributed by atoms with van der Waals surface area (Å²) in [4.78, 5) is 0. The highest BCUT2D eigenvalue weighted by molar-refractivity contribution is 6.36. The van der Waals surface area contributed by atoms with Gasteiger partial charge in [0, 0.05) is 21.4 Å². The fraction of sp³-hybridized carbons (Fsp3) is 0. The number of anilines is 1. The van der Waals surface area contributed by atoms with E-state index in [4.69, 9.17) is 23.8 Å². The highest BCUT2D eigenvalue weighted by Gasteiger charge is 2.05. The second-order valence-electron chi connectivity index (χ2n) is 3.01. The Kier molecular flexibility index (Phi) is 2.07. The molecule has 2 N–H and O–H groups in total. The van der Waals surface area contributed by atoms with Gasteiger partial charge in [-0.3, -0.25) is 0 Å². The van der Waals surface area contributed by atoms with Crippen molar-refractivity contribution < 1.29 is 0 Å². The largest absolute Gasteiger partial charge is 0.397 e. The van der Waals surface area contributed by atoms with Gasteiger partial charge in [0.15, 0.2) is 0 Å². The SMILES string of the molecule is C#Cc1cc(Cl)c2ccccc2c1N. The van der Waals surface area contributed by atoms with Gasteiger partial charge in [0.2, 0.25) is 0 Å². The summed E-state index contributed by atoms with van der Waals surface area (Å²) >= 11 is 6.06. The molecule has 0 aromatic heterocycles. The Morgan fingerprint density at radius 3 is 2.50 bits per heavy atom. The van der Waals surface area contributed by atoms with Crippen molar-refractivity contribution in [3.8, 4) is 12.3 Å². The number of hydrogen-bond acceptors (Lipinski definition) is 1. The molecule has 0 radical (unpaired) electrons. The lowest BCUT2D eigenvalue weighted by Crippen LogP contribution is -1.92. The minimum atomic E-state index is 0.618. The zero-order chi connectivity index (χ0) is 10.1. The van der Waals surface area contributed by atoms with Crippen LogP contribution >= 0.6 is 11.6 Å². The average Bonchev–Trinajstić information content (AvgIpc) is 2.23. The maximum atomic E-state index is 6.06. The van der Waals surface area contributed by atoms with Crippen LogP contribution in [0.1, 0.15) is 5.56 Å². The molecule has 2 rings (SSSR count). The fourth-order valence-electron chi connectivity index (χ4n) is 1.47. The Morgan fingerprint density at radius 1 is 1.21 bits per heavy atom. The molecule has 2 heteroatoms. The molecule has 0 aliphatic rings. The zero-order valence-electron chi connectivity index (χ0n) is 7.42. The number of rotatable bonds is 0. The van der Waals surface area contributed by atoms with Crippen LogP contribution in [0.4, 0.5) is 5.69 Å². The summed E-state index contributed by atoms with van der Waals surface area (Å²) in [5.74, 6) is 2.52. The van der Waals surface area contributed by atoms with E-state index in [-0.39, 0.29) is 0 Å². The summed E-state index contributed by atoms with van der Waals surface area (Å²) in [7, 11) is 0. The molecule has 2 aromatic rings. The van der Waals surface area contributed by atoms with Gasteiger partial charge in [0.05, 0.1) is 5.69 Å². The standard InChI is InChI=1S/C12H8ClN/c1-2-8-7-11(13)9-5-3-4-6-10(9)12(8)14/h1,3-7H,14H2. The van der Waals surface area contributed by atoms with Gasteiger partial charge in [-0.05, 0) is 6.07 Å². The third-order valence-electron chi connectivity index (χ3n) is 2.19. The van der Waals surface area contributed by atoms with E-state index in [1.165, 1.54) is 0 Å². The first-order valence-electron chi connectivity index (χ1n) is 4.17. The number of hydrogen-bond donors (Lipinski definition) is 1. The average molecular weight is 202 g/mol. The van der Waals surface area contributed by atoms with Crippen molar-refractivity contribution >= 4 is 28.1 Å².